The van der Waals surface area contributed by atoms with Gasteiger partial charge in [0.2, 0.25) is 0 Å². The molecule has 6 heteroatoms. The fourth-order valence-electron chi connectivity index (χ4n) is 2.09. The minimum atomic E-state index is -0.514. The molecule has 1 N–H and O–H groups in total. The average Bonchev–Trinajstić information content (AvgIpc) is 2.78. The average molecular weight is 372 g/mol. The van der Waals surface area contributed by atoms with Gasteiger partial charge in [-0.25, -0.2) is 4.39 Å². The van der Waals surface area contributed by atoms with Crippen molar-refractivity contribution >= 4 is 33.0 Å². The van der Waals surface area contributed by atoms with E-state index in [0.717, 1.165) is 15.4 Å². The quantitative estimate of drug-likeness (QED) is 0.801. The molecule has 1 aromatic heterocycles. The molecule has 0 bridgehead atoms. The van der Waals surface area contributed by atoms with Crippen molar-refractivity contribution in [3.8, 4) is 5.75 Å². The maximum absolute atomic E-state index is 13.6. The Kier molecular flexibility index (Phi) is 5.13. The Hall–Kier alpha value is -1.24. The minimum Gasteiger partial charge on any atom is -0.507 e. The molecule has 112 valence electrons. The molecule has 2 rings (SSSR count). The molecule has 0 saturated carbocycles. The van der Waals surface area contributed by atoms with Crippen molar-refractivity contribution in [2.45, 2.75) is 20.0 Å². The van der Waals surface area contributed by atoms with E-state index in [4.69, 9.17) is 0 Å². The summed E-state index contributed by atoms with van der Waals surface area (Å²) in [5.41, 5.74) is 0.440. The molecule has 0 amide bonds. The number of Topliss-reactive ketones (excluding diaryl/α,β-unsaturated/α-hetero) is 1. The lowest BCUT2D eigenvalue weighted by Crippen LogP contribution is -2.17. The SMILES string of the molecule is CC(=O)c1cc(F)cc(CN(C)Cc2cc(Br)cs2)c1O. The third-order valence-electron chi connectivity index (χ3n) is 3.02. The number of halogens is 2. The molecular formula is C15H15BrFNO2S. The van der Waals surface area contributed by atoms with Gasteiger partial charge in [-0.3, -0.25) is 9.69 Å². The predicted octanol–water partition coefficient (Wildman–Crippen LogP) is 4.19. The van der Waals surface area contributed by atoms with Crippen molar-refractivity contribution in [3.05, 3.63) is 49.9 Å². The van der Waals surface area contributed by atoms with Crippen LogP contribution in [0.4, 0.5) is 4.39 Å². The topological polar surface area (TPSA) is 40.5 Å². The third kappa shape index (κ3) is 4.12. The second kappa shape index (κ2) is 6.68. The van der Waals surface area contributed by atoms with Gasteiger partial charge in [-0.15, -0.1) is 11.3 Å². The number of hydrogen-bond acceptors (Lipinski definition) is 4. The molecule has 0 unspecified atom stereocenters. The van der Waals surface area contributed by atoms with E-state index in [1.807, 2.05) is 23.4 Å². The zero-order valence-corrected chi connectivity index (χ0v) is 14.1. The van der Waals surface area contributed by atoms with Crippen molar-refractivity contribution < 1.29 is 14.3 Å². The molecule has 0 aliphatic carbocycles. The standard InChI is InChI=1S/C15H15BrFNO2S/c1-9(19)14-5-12(17)3-10(15(14)20)6-18(2)7-13-4-11(16)8-21-13/h3-5,8,20H,6-7H2,1-2H3. The number of phenolic OH excluding ortho intramolecular Hbond substituents is 1. The second-order valence-electron chi connectivity index (χ2n) is 4.92. The molecule has 1 heterocycles. The maximum atomic E-state index is 13.6. The van der Waals surface area contributed by atoms with E-state index in [0.29, 0.717) is 18.7 Å². The van der Waals surface area contributed by atoms with Crippen LogP contribution < -0.4 is 0 Å². The van der Waals surface area contributed by atoms with Gasteiger partial charge in [0.05, 0.1) is 5.56 Å². The van der Waals surface area contributed by atoms with Crippen molar-refractivity contribution in [1.82, 2.24) is 4.90 Å². The Labute approximate surface area is 135 Å². The van der Waals surface area contributed by atoms with Gasteiger partial charge in [0.25, 0.3) is 0 Å². The number of rotatable bonds is 5. The zero-order chi connectivity index (χ0) is 15.6. The van der Waals surface area contributed by atoms with Crippen LogP contribution in [0.3, 0.4) is 0 Å². The second-order valence-corrected chi connectivity index (χ2v) is 6.83. The number of phenols is 1. The molecule has 21 heavy (non-hydrogen) atoms. The van der Waals surface area contributed by atoms with E-state index in [1.165, 1.54) is 13.0 Å². The van der Waals surface area contributed by atoms with Crippen molar-refractivity contribution in [3.63, 3.8) is 0 Å². The van der Waals surface area contributed by atoms with Crippen LogP contribution in [0.15, 0.2) is 28.1 Å². The van der Waals surface area contributed by atoms with Crippen LogP contribution in [-0.4, -0.2) is 22.8 Å². The lowest BCUT2D eigenvalue weighted by Gasteiger charge is -2.17. The summed E-state index contributed by atoms with van der Waals surface area (Å²) >= 11 is 5.02. The summed E-state index contributed by atoms with van der Waals surface area (Å²) in [7, 11) is 1.88. The number of ketones is 1. The van der Waals surface area contributed by atoms with E-state index >= 15 is 0 Å². The molecule has 0 aliphatic rings. The largest absolute Gasteiger partial charge is 0.507 e. The number of thiophene rings is 1. The Balaban J connectivity index is 2.17. The summed E-state index contributed by atoms with van der Waals surface area (Å²) < 4.78 is 14.6. The first-order valence-corrected chi connectivity index (χ1v) is 7.98. The van der Waals surface area contributed by atoms with Crippen LogP contribution in [0.1, 0.15) is 27.7 Å². The van der Waals surface area contributed by atoms with E-state index < -0.39 is 5.82 Å². The summed E-state index contributed by atoms with van der Waals surface area (Å²) in [6.07, 6.45) is 0. The van der Waals surface area contributed by atoms with Crippen LogP contribution in [0.25, 0.3) is 0 Å². The summed E-state index contributed by atoms with van der Waals surface area (Å²) in [6, 6.07) is 4.35. The van der Waals surface area contributed by atoms with Crippen LogP contribution >= 0.6 is 27.3 Å². The first-order valence-electron chi connectivity index (χ1n) is 6.30. The molecule has 0 spiro atoms. The zero-order valence-electron chi connectivity index (χ0n) is 11.7. The molecule has 0 saturated heterocycles. The Bertz CT molecular complexity index is 672. The highest BCUT2D eigenvalue weighted by Crippen LogP contribution is 2.27. The summed E-state index contributed by atoms with van der Waals surface area (Å²) in [4.78, 5) is 14.5. The van der Waals surface area contributed by atoms with Crippen molar-refractivity contribution in [1.29, 1.82) is 0 Å². The molecule has 0 atom stereocenters. The molecule has 0 fully saturated rings. The van der Waals surface area contributed by atoms with Gasteiger partial charge in [-0.1, -0.05) is 0 Å². The fraction of sp³-hybridized carbons (Fsp3) is 0.267. The number of nitrogens with zero attached hydrogens (tertiary/aromatic N) is 1. The first kappa shape index (κ1) is 16.1. The monoisotopic (exact) mass is 371 g/mol. The van der Waals surface area contributed by atoms with E-state index in [-0.39, 0.29) is 17.1 Å². The van der Waals surface area contributed by atoms with E-state index in [9.17, 15) is 14.3 Å². The lowest BCUT2D eigenvalue weighted by atomic mass is 10.0. The summed E-state index contributed by atoms with van der Waals surface area (Å²) in [6.45, 7) is 2.35. The highest BCUT2D eigenvalue weighted by Gasteiger charge is 2.15. The van der Waals surface area contributed by atoms with Gasteiger partial charge in [0, 0.05) is 33.4 Å². The van der Waals surface area contributed by atoms with Gasteiger partial charge < -0.3 is 5.11 Å². The van der Waals surface area contributed by atoms with E-state index in [2.05, 4.69) is 15.9 Å². The normalized spacial score (nSPS) is 11.1. The van der Waals surface area contributed by atoms with Gasteiger partial charge in [-0.05, 0) is 48.1 Å². The molecule has 3 nitrogen and oxygen atoms in total. The highest BCUT2D eigenvalue weighted by atomic mass is 79.9. The molecule has 1 aromatic carbocycles. The van der Waals surface area contributed by atoms with Crippen LogP contribution in [0.2, 0.25) is 0 Å². The first-order chi connectivity index (χ1) is 9.86. The lowest BCUT2D eigenvalue weighted by molar-refractivity contribution is 0.101. The smallest absolute Gasteiger partial charge is 0.163 e. The number of carbonyl (C=O) groups is 1. The molecule has 2 aromatic rings. The Morgan fingerprint density at radius 1 is 1.38 bits per heavy atom. The van der Waals surface area contributed by atoms with Crippen molar-refractivity contribution in [2.24, 2.45) is 0 Å². The van der Waals surface area contributed by atoms with Gasteiger partial charge in [0.1, 0.15) is 11.6 Å². The predicted molar refractivity (Wildman–Crippen MR) is 85.3 cm³/mol. The Morgan fingerprint density at radius 3 is 2.67 bits per heavy atom. The van der Waals surface area contributed by atoms with Crippen LogP contribution in [-0.2, 0) is 13.1 Å². The number of benzene rings is 1. The molecular weight excluding hydrogens is 357 g/mol. The fourth-order valence-corrected chi connectivity index (χ4v) is 3.62. The number of carbonyl (C=O) groups excluding carboxylic acids is 1. The maximum Gasteiger partial charge on any atom is 0.163 e. The number of hydrogen-bond donors (Lipinski definition) is 1. The molecule has 0 radical (unpaired) electrons. The van der Waals surface area contributed by atoms with Crippen LogP contribution in [0.5, 0.6) is 5.75 Å². The minimum absolute atomic E-state index is 0.0252. The Morgan fingerprint density at radius 2 is 2.10 bits per heavy atom. The summed E-state index contributed by atoms with van der Waals surface area (Å²) in [5, 5.41) is 12.1. The van der Waals surface area contributed by atoms with Gasteiger partial charge in [-0.2, -0.15) is 0 Å². The van der Waals surface area contributed by atoms with Gasteiger partial charge in [0.15, 0.2) is 5.78 Å². The third-order valence-corrected chi connectivity index (χ3v) is 4.70. The van der Waals surface area contributed by atoms with Crippen LogP contribution in [0, 0.1) is 5.82 Å². The molecule has 0 aliphatic heterocycles. The van der Waals surface area contributed by atoms with Gasteiger partial charge >= 0.3 is 0 Å². The van der Waals surface area contributed by atoms with E-state index in [1.54, 1.807) is 11.3 Å². The van der Waals surface area contributed by atoms with Crippen molar-refractivity contribution in [2.75, 3.05) is 7.05 Å². The highest BCUT2D eigenvalue weighted by molar-refractivity contribution is 9.10. The number of aromatic hydroxyl groups is 1. The summed E-state index contributed by atoms with van der Waals surface area (Å²) in [5.74, 6) is -0.999.